The molecule has 1 atom stereocenters. The lowest BCUT2D eigenvalue weighted by Gasteiger charge is -2.27. The number of sulfonamides is 1. The Hall–Kier alpha value is -2.26. The van der Waals surface area contributed by atoms with Crippen molar-refractivity contribution < 1.29 is 13.2 Å². The maximum absolute atomic E-state index is 11.7. The van der Waals surface area contributed by atoms with E-state index in [1.54, 1.807) is 18.3 Å². The summed E-state index contributed by atoms with van der Waals surface area (Å²) in [7, 11) is -3.74. The maximum atomic E-state index is 11.7. The van der Waals surface area contributed by atoms with Crippen molar-refractivity contribution >= 4 is 15.9 Å². The van der Waals surface area contributed by atoms with Gasteiger partial charge in [-0.15, -0.1) is 5.10 Å². The van der Waals surface area contributed by atoms with Gasteiger partial charge in [0.2, 0.25) is 15.9 Å². The number of amides is 1. The van der Waals surface area contributed by atoms with Crippen LogP contribution >= 0.6 is 0 Å². The first kappa shape index (κ1) is 17.1. The molecule has 0 saturated heterocycles. The number of carbonyl (C=O) groups excluding carboxylic acids is 1. The molecular weight excluding hydrogens is 318 g/mol. The molecule has 124 valence electrons. The minimum Gasteiger partial charge on any atom is -0.368 e. The molecule has 0 fully saturated rings. The highest BCUT2D eigenvalue weighted by Gasteiger charge is 2.32. The lowest BCUT2D eigenvalue weighted by atomic mass is 9.86. The molecule has 0 aliphatic carbocycles. The van der Waals surface area contributed by atoms with Gasteiger partial charge < -0.3 is 5.73 Å². The first-order valence-electron chi connectivity index (χ1n) is 6.84. The van der Waals surface area contributed by atoms with Gasteiger partial charge >= 0.3 is 0 Å². The normalized spacial score (nSPS) is 13.7. The Kier molecular flexibility index (Phi) is 4.27. The second-order valence-corrected chi connectivity index (χ2v) is 7.89. The molecule has 23 heavy (non-hydrogen) atoms. The molecule has 2 aromatic rings. The van der Waals surface area contributed by atoms with Crippen molar-refractivity contribution in [2.45, 2.75) is 31.7 Å². The van der Waals surface area contributed by atoms with Gasteiger partial charge in [0.25, 0.3) is 0 Å². The predicted molar refractivity (Wildman–Crippen MR) is 84.5 cm³/mol. The lowest BCUT2D eigenvalue weighted by Crippen LogP contribution is -2.36. The Morgan fingerprint density at radius 1 is 1.22 bits per heavy atom. The van der Waals surface area contributed by atoms with Crippen molar-refractivity contribution in [3.8, 4) is 11.3 Å². The van der Waals surface area contributed by atoms with Gasteiger partial charge in [0.1, 0.15) is 11.7 Å². The number of hydrogen-bond donors (Lipinski definition) is 2. The fraction of sp³-hybridized carbons (Fsp3) is 0.357. The molecule has 0 aliphatic rings. The zero-order valence-corrected chi connectivity index (χ0v) is 13.9. The number of nitrogens with zero attached hydrogens (tertiary/aromatic N) is 3. The molecule has 1 unspecified atom stereocenters. The monoisotopic (exact) mass is 337 g/mol. The van der Waals surface area contributed by atoms with Crippen LogP contribution in [0, 0.1) is 5.41 Å². The quantitative estimate of drug-likeness (QED) is 0.845. The summed E-state index contributed by atoms with van der Waals surface area (Å²) < 4.78 is 23.9. The van der Waals surface area contributed by atoms with Crippen LogP contribution in [0.3, 0.4) is 0 Å². The minimum absolute atomic E-state index is 0.0124. The number of rotatable bonds is 4. The van der Waals surface area contributed by atoms with Crippen molar-refractivity contribution in [2.75, 3.05) is 0 Å². The third-order valence-corrected chi connectivity index (χ3v) is 4.27. The van der Waals surface area contributed by atoms with E-state index in [1.165, 1.54) is 16.8 Å². The molecule has 8 nitrogen and oxygen atoms in total. The van der Waals surface area contributed by atoms with E-state index in [1.807, 2.05) is 20.8 Å². The van der Waals surface area contributed by atoms with Crippen molar-refractivity contribution in [1.82, 2.24) is 15.0 Å². The van der Waals surface area contributed by atoms with E-state index in [0.29, 0.717) is 11.3 Å². The number of nitrogens with two attached hydrogens (primary N) is 2. The average Bonchev–Trinajstić information content (AvgIpc) is 2.85. The van der Waals surface area contributed by atoms with Crippen molar-refractivity contribution in [3.63, 3.8) is 0 Å². The summed E-state index contributed by atoms with van der Waals surface area (Å²) in [5, 5.41) is 13.1. The molecule has 1 heterocycles. The number of carbonyl (C=O) groups is 1. The van der Waals surface area contributed by atoms with Gasteiger partial charge in [-0.3, -0.25) is 4.79 Å². The first-order chi connectivity index (χ1) is 10.5. The Morgan fingerprint density at radius 2 is 1.78 bits per heavy atom. The van der Waals surface area contributed by atoms with Gasteiger partial charge in [-0.25, -0.2) is 18.2 Å². The van der Waals surface area contributed by atoms with Crippen LogP contribution in [0.2, 0.25) is 0 Å². The number of benzene rings is 1. The van der Waals surface area contributed by atoms with E-state index in [4.69, 9.17) is 10.9 Å². The summed E-state index contributed by atoms with van der Waals surface area (Å²) in [6.45, 7) is 5.64. The maximum Gasteiger partial charge on any atom is 0.242 e. The number of hydrogen-bond acceptors (Lipinski definition) is 5. The van der Waals surface area contributed by atoms with Crippen LogP contribution in [0.15, 0.2) is 35.4 Å². The topological polar surface area (TPSA) is 134 Å². The van der Waals surface area contributed by atoms with Crippen molar-refractivity contribution in [3.05, 3.63) is 30.5 Å². The van der Waals surface area contributed by atoms with Crippen LogP contribution in [0.1, 0.15) is 26.8 Å². The fourth-order valence-corrected chi connectivity index (χ4v) is 2.82. The minimum atomic E-state index is -3.74. The molecule has 0 bridgehead atoms. The lowest BCUT2D eigenvalue weighted by molar-refractivity contribution is -0.124. The SMILES string of the molecule is CC(C)(C)C(C(N)=O)n1cc(-c2ccc(S(N)(=O)=O)cc2)nn1. The van der Waals surface area contributed by atoms with E-state index in [0.717, 1.165) is 0 Å². The highest BCUT2D eigenvalue weighted by Crippen LogP contribution is 2.30. The summed E-state index contributed by atoms with van der Waals surface area (Å²) in [5.74, 6) is -0.501. The molecule has 0 saturated carbocycles. The molecule has 1 aromatic carbocycles. The largest absolute Gasteiger partial charge is 0.368 e. The van der Waals surface area contributed by atoms with Gasteiger partial charge in [-0.2, -0.15) is 0 Å². The van der Waals surface area contributed by atoms with E-state index >= 15 is 0 Å². The second kappa shape index (κ2) is 5.74. The molecule has 1 amide bonds. The standard InChI is InChI=1S/C14H19N5O3S/c1-14(2,3)12(13(15)20)19-8-11(17-18-19)9-4-6-10(7-5-9)23(16,21)22/h4-8,12H,1-3H3,(H2,15,20)(H2,16,21,22). The fourth-order valence-electron chi connectivity index (χ4n) is 2.30. The Morgan fingerprint density at radius 3 is 2.22 bits per heavy atom. The number of primary sulfonamides is 1. The highest BCUT2D eigenvalue weighted by atomic mass is 32.2. The van der Waals surface area contributed by atoms with Gasteiger partial charge in [-0.1, -0.05) is 38.1 Å². The molecular formula is C14H19N5O3S. The number of aromatic nitrogens is 3. The smallest absolute Gasteiger partial charge is 0.242 e. The van der Waals surface area contributed by atoms with Crippen LogP contribution in [-0.4, -0.2) is 29.3 Å². The predicted octanol–water partition coefficient (Wildman–Crippen LogP) is 0.665. The van der Waals surface area contributed by atoms with Crippen LogP contribution in [0.25, 0.3) is 11.3 Å². The average molecular weight is 337 g/mol. The van der Waals surface area contributed by atoms with Crippen molar-refractivity contribution in [1.29, 1.82) is 0 Å². The van der Waals surface area contributed by atoms with Crippen molar-refractivity contribution in [2.24, 2.45) is 16.3 Å². The molecule has 9 heteroatoms. The summed E-state index contributed by atoms with van der Waals surface area (Å²) in [6, 6.07) is 5.28. The Balaban J connectivity index is 2.37. The molecule has 4 N–H and O–H groups in total. The zero-order chi connectivity index (χ0) is 17.4. The van der Waals surface area contributed by atoms with Gasteiger partial charge in [0.15, 0.2) is 0 Å². The van der Waals surface area contributed by atoms with E-state index in [2.05, 4.69) is 10.3 Å². The third kappa shape index (κ3) is 3.74. The molecule has 0 aliphatic heterocycles. The van der Waals surface area contributed by atoms with E-state index in [-0.39, 0.29) is 4.90 Å². The van der Waals surface area contributed by atoms with Crippen LogP contribution in [0.4, 0.5) is 0 Å². The molecule has 2 rings (SSSR count). The molecule has 1 aromatic heterocycles. The van der Waals surface area contributed by atoms with Crippen LogP contribution in [0.5, 0.6) is 0 Å². The van der Waals surface area contributed by atoms with E-state index < -0.39 is 27.4 Å². The van der Waals surface area contributed by atoms with Crippen LogP contribution in [-0.2, 0) is 14.8 Å². The molecule has 0 spiro atoms. The van der Waals surface area contributed by atoms with Gasteiger partial charge in [0, 0.05) is 5.56 Å². The van der Waals surface area contributed by atoms with Crippen LogP contribution < -0.4 is 10.9 Å². The van der Waals surface area contributed by atoms with Gasteiger partial charge in [-0.05, 0) is 17.5 Å². The second-order valence-electron chi connectivity index (χ2n) is 6.32. The Bertz CT molecular complexity index is 819. The first-order valence-corrected chi connectivity index (χ1v) is 8.39. The summed E-state index contributed by atoms with van der Waals surface area (Å²) >= 11 is 0. The highest BCUT2D eigenvalue weighted by molar-refractivity contribution is 7.89. The molecule has 0 radical (unpaired) electrons. The van der Waals surface area contributed by atoms with E-state index in [9.17, 15) is 13.2 Å². The zero-order valence-electron chi connectivity index (χ0n) is 13.1. The third-order valence-electron chi connectivity index (χ3n) is 3.34. The Labute approximate surface area is 134 Å². The summed E-state index contributed by atoms with van der Waals surface area (Å²) in [6.07, 6.45) is 1.60. The summed E-state index contributed by atoms with van der Waals surface area (Å²) in [4.78, 5) is 11.7. The number of primary amides is 1. The van der Waals surface area contributed by atoms with Gasteiger partial charge in [0.05, 0.1) is 11.1 Å². The summed E-state index contributed by atoms with van der Waals surface area (Å²) in [5.41, 5.74) is 6.19.